The highest BCUT2D eigenvalue weighted by Crippen LogP contribution is 2.14. The maximum Gasteiger partial charge on any atom is 0.104 e. The average molecular weight is 386 g/mol. The lowest BCUT2D eigenvalue weighted by Crippen LogP contribution is -2.29. The van der Waals surface area contributed by atoms with Crippen LogP contribution >= 0.6 is 0 Å². The number of nitrogens with one attached hydrogen (secondary N) is 1. The summed E-state index contributed by atoms with van der Waals surface area (Å²) >= 11 is 0. The normalized spacial score (nSPS) is 12.6. The highest BCUT2D eigenvalue weighted by Gasteiger charge is 2.02. The number of aliphatic hydroxyl groups excluding tert-OH is 2. The van der Waals surface area contributed by atoms with E-state index >= 15 is 0 Å². The SMILES string of the molecule is CCCCCCCCCCCCCCCCCCCC(O)NCCCCO. The maximum atomic E-state index is 9.80. The molecule has 0 radical (unpaired) electrons. The van der Waals surface area contributed by atoms with Crippen molar-refractivity contribution in [3.63, 3.8) is 0 Å². The summed E-state index contributed by atoms with van der Waals surface area (Å²) in [4.78, 5) is 0. The van der Waals surface area contributed by atoms with Crippen LogP contribution in [0.4, 0.5) is 0 Å². The van der Waals surface area contributed by atoms with Crippen LogP contribution in [0.25, 0.3) is 0 Å². The van der Waals surface area contributed by atoms with Gasteiger partial charge in [0.2, 0.25) is 0 Å². The first-order valence-corrected chi connectivity index (χ1v) is 12.3. The highest BCUT2D eigenvalue weighted by atomic mass is 16.3. The van der Waals surface area contributed by atoms with Crippen LogP contribution < -0.4 is 5.32 Å². The molecule has 0 amide bonds. The standard InChI is InChI=1S/C24H51NO2/c1-2-3-4-5-6-7-8-9-10-11-12-13-14-15-16-17-18-21-24(27)25-22-19-20-23-26/h24-27H,2-23H2,1H3. The van der Waals surface area contributed by atoms with Gasteiger partial charge in [-0.15, -0.1) is 0 Å². The quantitative estimate of drug-likeness (QED) is 0.135. The highest BCUT2D eigenvalue weighted by molar-refractivity contribution is 4.55. The van der Waals surface area contributed by atoms with Gasteiger partial charge >= 0.3 is 0 Å². The first kappa shape index (κ1) is 26.9. The molecule has 0 aliphatic heterocycles. The molecule has 0 bridgehead atoms. The molecule has 0 saturated heterocycles. The molecule has 0 heterocycles. The van der Waals surface area contributed by atoms with Gasteiger partial charge in [0.05, 0.1) is 0 Å². The molecule has 0 saturated carbocycles. The molecule has 27 heavy (non-hydrogen) atoms. The van der Waals surface area contributed by atoms with Crippen LogP contribution in [0.5, 0.6) is 0 Å². The molecule has 1 atom stereocenters. The predicted octanol–water partition coefficient (Wildman–Crippen LogP) is 6.71. The van der Waals surface area contributed by atoms with Gasteiger partial charge in [-0.3, -0.25) is 5.32 Å². The molecule has 3 nitrogen and oxygen atoms in total. The van der Waals surface area contributed by atoms with E-state index in [2.05, 4.69) is 12.2 Å². The van der Waals surface area contributed by atoms with Crippen molar-refractivity contribution in [1.29, 1.82) is 0 Å². The molecule has 3 N–H and O–H groups in total. The number of aliphatic hydroxyl groups is 2. The third kappa shape index (κ3) is 23.8. The Labute approximate surface area is 170 Å². The Morgan fingerprint density at radius 1 is 0.556 bits per heavy atom. The molecule has 3 heteroatoms. The summed E-state index contributed by atoms with van der Waals surface area (Å²) < 4.78 is 0. The fraction of sp³-hybridized carbons (Fsp3) is 1.00. The molecule has 0 aliphatic carbocycles. The second-order valence-electron chi connectivity index (χ2n) is 8.35. The van der Waals surface area contributed by atoms with Gasteiger partial charge in [-0.05, 0) is 32.2 Å². The van der Waals surface area contributed by atoms with Gasteiger partial charge in [0, 0.05) is 6.61 Å². The van der Waals surface area contributed by atoms with E-state index in [0.717, 1.165) is 32.2 Å². The Kier molecular flexibility index (Phi) is 23.8. The van der Waals surface area contributed by atoms with Crippen LogP contribution in [-0.2, 0) is 0 Å². The molecule has 0 spiro atoms. The van der Waals surface area contributed by atoms with Gasteiger partial charge in [-0.25, -0.2) is 0 Å². The van der Waals surface area contributed by atoms with E-state index in [1.165, 1.54) is 103 Å². The smallest absolute Gasteiger partial charge is 0.104 e. The first-order chi connectivity index (χ1) is 13.3. The van der Waals surface area contributed by atoms with Gasteiger partial charge in [0.1, 0.15) is 6.23 Å². The molecule has 0 fully saturated rings. The molecular weight excluding hydrogens is 334 g/mol. The lowest BCUT2D eigenvalue weighted by molar-refractivity contribution is 0.123. The van der Waals surface area contributed by atoms with Crippen LogP contribution in [0.1, 0.15) is 135 Å². The fourth-order valence-corrected chi connectivity index (χ4v) is 3.67. The summed E-state index contributed by atoms with van der Waals surface area (Å²) in [5.41, 5.74) is 0. The third-order valence-electron chi connectivity index (χ3n) is 5.55. The third-order valence-corrected chi connectivity index (χ3v) is 5.55. The molecule has 0 aromatic heterocycles. The zero-order chi connectivity index (χ0) is 19.8. The lowest BCUT2D eigenvalue weighted by atomic mass is 10.0. The summed E-state index contributed by atoms with van der Waals surface area (Å²) in [5, 5.41) is 21.6. The fourth-order valence-electron chi connectivity index (χ4n) is 3.67. The van der Waals surface area contributed by atoms with Crippen LogP contribution in [-0.4, -0.2) is 29.6 Å². The van der Waals surface area contributed by atoms with E-state index in [0.29, 0.717) is 0 Å². The molecule has 0 aromatic rings. The zero-order valence-electron chi connectivity index (χ0n) is 18.5. The summed E-state index contributed by atoms with van der Waals surface area (Å²) in [6.45, 7) is 3.34. The van der Waals surface area contributed by atoms with E-state index < -0.39 is 0 Å². The summed E-state index contributed by atoms with van der Waals surface area (Å²) in [5.74, 6) is 0. The van der Waals surface area contributed by atoms with Crippen LogP contribution in [0, 0.1) is 0 Å². The Bertz CT molecular complexity index is 261. The number of rotatable bonds is 23. The van der Waals surface area contributed by atoms with Crippen molar-refractivity contribution >= 4 is 0 Å². The van der Waals surface area contributed by atoms with Gasteiger partial charge in [0.25, 0.3) is 0 Å². The number of unbranched alkanes of at least 4 members (excludes halogenated alkanes) is 17. The summed E-state index contributed by atoms with van der Waals surface area (Å²) in [7, 11) is 0. The van der Waals surface area contributed by atoms with Gasteiger partial charge in [-0.1, -0.05) is 110 Å². The van der Waals surface area contributed by atoms with Crippen molar-refractivity contribution in [1.82, 2.24) is 5.32 Å². The van der Waals surface area contributed by atoms with Gasteiger partial charge in [-0.2, -0.15) is 0 Å². The Morgan fingerprint density at radius 3 is 1.37 bits per heavy atom. The van der Waals surface area contributed by atoms with Gasteiger partial charge < -0.3 is 10.2 Å². The van der Waals surface area contributed by atoms with Crippen LogP contribution in [0.15, 0.2) is 0 Å². The Balaban J connectivity index is 3.06. The van der Waals surface area contributed by atoms with Crippen molar-refractivity contribution in [2.45, 2.75) is 142 Å². The van der Waals surface area contributed by atoms with E-state index in [9.17, 15) is 5.11 Å². The molecule has 0 aliphatic rings. The van der Waals surface area contributed by atoms with E-state index in [-0.39, 0.29) is 12.8 Å². The van der Waals surface area contributed by atoms with Crippen molar-refractivity contribution in [2.24, 2.45) is 0 Å². The molecule has 0 rings (SSSR count). The minimum absolute atomic E-state index is 0.247. The summed E-state index contributed by atoms with van der Waals surface area (Å²) in [6, 6.07) is 0. The average Bonchev–Trinajstić information content (AvgIpc) is 2.67. The predicted molar refractivity (Wildman–Crippen MR) is 119 cm³/mol. The first-order valence-electron chi connectivity index (χ1n) is 12.3. The molecular formula is C24H51NO2. The molecule has 0 aromatic carbocycles. The van der Waals surface area contributed by atoms with E-state index in [4.69, 9.17) is 5.11 Å². The maximum absolute atomic E-state index is 9.80. The molecule has 1 unspecified atom stereocenters. The van der Waals surface area contributed by atoms with E-state index in [1.54, 1.807) is 0 Å². The lowest BCUT2D eigenvalue weighted by Gasteiger charge is -2.12. The number of hydrogen-bond acceptors (Lipinski definition) is 3. The number of hydrogen-bond donors (Lipinski definition) is 3. The zero-order valence-corrected chi connectivity index (χ0v) is 18.5. The van der Waals surface area contributed by atoms with Crippen LogP contribution in [0.2, 0.25) is 0 Å². The van der Waals surface area contributed by atoms with Crippen molar-refractivity contribution in [3.8, 4) is 0 Å². The Hall–Kier alpha value is -0.120. The van der Waals surface area contributed by atoms with Crippen molar-refractivity contribution < 1.29 is 10.2 Å². The minimum Gasteiger partial charge on any atom is -0.396 e. The summed E-state index contributed by atoms with van der Waals surface area (Å²) in [6.07, 6.45) is 25.9. The van der Waals surface area contributed by atoms with Crippen molar-refractivity contribution in [2.75, 3.05) is 13.2 Å². The minimum atomic E-state index is -0.361. The van der Waals surface area contributed by atoms with Gasteiger partial charge in [0.15, 0.2) is 0 Å². The van der Waals surface area contributed by atoms with Crippen LogP contribution in [0.3, 0.4) is 0 Å². The monoisotopic (exact) mass is 385 g/mol. The Morgan fingerprint density at radius 2 is 0.963 bits per heavy atom. The second kappa shape index (κ2) is 23.9. The largest absolute Gasteiger partial charge is 0.396 e. The van der Waals surface area contributed by atoms with E-state index in [1.807, 2.05) is 0 Å². The van der Waals surface area contributed by atoms with Crippen molar-refractivity contribution in [3.05, 3.63) is 0 Å². The topological polar surface area (TPSA) is 52.5 Å². The molecule has 164 valence electrons. The second-order valence-corrected chi connectivity index (χ2v) is 8.35.